The van der Waals surface area contributed by atoms with Crippen molar-refractivity contribution in [3.63, 3.8) is 0 Å². The molecular formula is C22H26N2O2S. The second-order valence-electron chi connectivity index (χ2n) is 6.91. The third-order valence-corrected chi connectivity index (χ3v) is 5.67. The van der Waals surface area contributed by atoms with Gasteiger partial charge in [-0.3, -0.25) is 10.1 Å². The maximum atomic E-state index is 12.3. The topological polar surface area (TPSA) is 51.2 Å². The zero-order chi connectivity index (χ0) is 19.4. The van der Waals surface area contributed by atoms with Gasteiger partial charge in [-0.2, -0.15) is 0 Å². The summed E-state index contributed by atoms with van der Waals surface area (Å²) in [6, 6.07) is 10.4. The van der Waals surface area contributed by atoms with Gasteiger partial charge in [-0.15, -0.1) is 0 Å². The summed E-state index contributed by atoms with van der Waals surface area (Å²) >= 11 is 1.51. The molecule has 1 heterocycles. The molecule has 5 heteroatoms. The molecule has 0 spiro atoms. The van der Waals surface area contributed by atoms with Gasteiger partial charge in [-0.25, -0.2) is 4.98 Å². The number of carbonyl (C=O) groups excluding carboxylic acids is 1. The van der Waals surface area contributed by atoms with Crippen molar-refractivity contribution in [2.45, 2.75) is 47.0 Å². The zero-order valence-electron chi connectivity index (χ0n) is 16.4. The highest BCUT2D eigenvalue weighted by molar-refractivity contribution is 7.22. The summed E-state index contributed by atoms with van der Waals surface area (Å²) in [7, 11) is 0. The number of aromatic nitrogens is 1. The molecule has 0 saturated carbocycles. The summed E-state index contributed by atoms with van der Waals surface area (Å²) in [5, 5.41) is 3.48. The predicted octanol–water partition coefficient (Wildman–Crippen LogP) is 5.58. The summed E-state index contributed by atoms with van der Waals surface area (Å²) in [4.78, 5) is 16.8. The molecule has 0 radical (unpaired) electrons. The lowest BCUT2D eigenvalue weighted by molar-refractivity contribution is -0.118. The lowest BCUT2D eigenvalue weighted by Gasteiger charge is -2.13. The summed E-state index contributed by atoms with van der Waals surface area (Å²) in [6.45, 7) is 8.21. The molecule has 3 aromatic rings. The van der Waals surface area contributed by atoms with Crippen LogP contribution < -0.4 is 10.1 Å². The van der Waals surface area contributed by atoms with E-state index < -0.39 is 0 Å². The smallest absolute Gasteiger partial charge is 0.264 e. The van der Waals surface area contributed by atoms with Crippen LogP contribution in [0.3, 0.4) is 0 Å². The molecule has 1 amide bonds. The van der Waals surface area contributed by atoms with E-state index in [4.69, 9.17) is 4.74 Å². The largest absolute Gasteiger partial charge is 0.483 e. The SMILES string of the molecule is CCCCc1ccc2nc(NC(=O)COc3c(C)ccc(C)c3C)sc2c1. The van der Waals surface area contributed by atoms with Crippen LogP contribution in [0, 0.1) is 20.8 Å². The van der Waals surface area contributed by atoms with E-state index in [1.54, 1.807) is 0 Å². The number of aryl methyl sites for hydroxylation is 3. The van der Waals surface area contributed by atoms with Crippen LogP contribution in [0.15, 0.2) is 30.3 Å². The van der Waals surface area contributed by atoms with Crippen molar-refractivity contribution in [1.82, 2.24) is 4.98 Å². The number of hydrogen-bond acceptors (Lipinski definition) is 4. The number of unbranched alkanes of at least 4 members (excludes halogenated alkanes) is 1. The quantitative estimate of drug-likeness (QED) is 0.580. The summed E-state index contributed by atoms with van der Waals surface area (Å²) in [5.74, 6) is 0.593. The first-order chi connectivity index (χ1) is 13.0. The third kappa shape index (κ3) is 4.66. The maximum Gasteiger partial charge on any atom is 0.264 e. The first-order valence-electron chi connectivity index (χ1n) is 9.37. The van der Waals surface area contributed by atoms with E-state index in [-0.39, 0.29) is 12.5 Å². The molecule has 0 unspecified atom stereocenters. The number of carbonyl (C=O) groups is 1. The van der Waals surface area contributed by atoms with Crippen molar-refractivity contribution in [1.29, 1.82) is 0 Å². The average molecular weight is 383 g/mol. The number of ether oxygens (including phenoxy) is 1. The number of benzene rings is 2. The Bertz CT molecular complexity index is 962. The van der Waals surface area contributed by atoms with Crippen LogP contribution in [-0.2, 0) is 11.2 Å². The number of nitrogens with zero attached hydrogens (tertiary/aromatic N) is 1. The molecule has 27 heavy (non-hydrogen) atoms. The van der Waals surface area contributed by atoms with Gasteiger partial charge in [0.2, 0.25) is 0 Å². The second-order valence-corrected chi connectivity index (χ2v) is 7.95. The first kappa shape index (κ1) is 19.4. The van der Waals surface area contributed by atoms with Gasteiger partial charge in [0, 0.05) is 0 Å². The Morgan fingerprint density at radius 3 is 2.70 bits per heavy atom. The number of fused-ring (bicyclic) bond motifs is 1. The number of amides is 1. The fourth-order valence-electron chi connectivity index (χ4n) is 3.00. The Kier molecular flexibility index (Phi) is 6.11. The Morgan fingerprint density at radius 1 is 1.15 bits per heavy atom. The van der Waals surface area contributed by atoms with E-state index in [9.17, 15) is 4.79 Å². The third-order valence-electron chi connectivity index (χ3n) is 4.74. The molecule has 142 valence electrons. The lowest BCUT2D eigenvalue weighted by atomic mass is 10.1. The average Bonchev–Trinajstić information content (AvgIpc) is 3.04. The van der Waals surface area contributed by atoms with Crippen molar-refractivity contribution in [3.05, 3.63) is 52.6 Å². The Hall–Kier alpha value is -2.40. The zero-order valence-corrected chi connectivity index (χ0v) is 17.2. The fourth-order valence-corrected chi connectivity index (χ4v) is 3.95. The fraction of sp³-hybridized carbons (Fsp3) is 0.364. The van der Waals surface area contributed by atoms with Crippen LogP contribution in [0.4, 0.5) is 5.13 Å². The van der Waals surface area contributed by atoms with Gasteiger partial charge in [0.05, 0.1) is 10.2 Å². The van der Waals surface area contributed by atoms with Gasteiger partial charge in [0.1, 0.15) is 5.75 Å². The molecular weight excluding hydrogens is 356 g/mol. The lowest BCUT2D eigenvalue weighted by Crippen LogP contribution is -2.20. The molecule has 4 nitrogen and oxygen atoms in total. The minimum atomic E-state index is -0.194. The summed E-state index contributed by atoms with van der Waals surface area (Å²) < 4.78 is 6.89. The van der Waals surface area contributed by atoms with E-state index in [2.05, 4.69) is 35.4 Å². The normalized spacial score (nSPS) is 11.0. The second kappa shape index (κ2) is 8.53. The van der Waals surface area contributed by atoms with E-state index in [1.807, 2.05) is 32.9 Å². The minimum absolute atomic E-state index is 0.0250. The molecule has 0 aliphatic heterocycles. The number of anilines is 1. The van der Waals surface area contributed by atoms with Crippen molar-refractivity contribution in [3.8, 4) is 5.75 Å². The van der Waals surface area contributed by atoms with Gasteiger partial charge in [-0.1, -0.05) is 42.9 Å². The molecule has 0 atom stereocenters. The monoisotopic (exact) mass is 382 g/mol. The Morgan fingerprint density at radius 2 is 1.93 bits per heavy atom. The van der Waals surface area contributed by atoms with Crippen molar-refractivity contribution < 1.29 is 9.53 Å². The number of thiazole rings is 1. The highest BCUT2D eigenvalue weighted by Crippen LogP contribution is 2.28. The molecule has 3 rings (SSSR count). The molecule has 0 saturated heterocycles. The molecule has 1 aromatic heterocycles. The first-order valence-corrected chi connectivity index (χ1v) is 10.2. The molecule has 2 aromatic carbocycles. The van der Waals surface area contributed by atoms with E-state index in [0.29, 0.717) is 5.13 Å². The minimum Gasteiger partial charge on any atom is -0.483 e. The molecule has 1 N–H and O–H groups in total. The predicted molar refractivity (Wildman–Crippen MR) is 113 cm³/mol. The van der Waals surface area contributed by atoms with E-state index >= 15 is 0 Å². The molecule has 0 bridgehead atoms. The van der Waals surface area contributed by atoms with Gasteiger partial charge < -0.3 is 4.74 Å². The van der Waals surface area contributed by atoms with Crippen LogP contribution in [-0.4, -0.2) is 17.5 Å². The number of nitrogens with one attached hydrogen (secondary N) is 1. The van der Waals surface area contributed by atoms with E-state index in [0.717, 1.165) is 39.1 Å². The van der Waals surface area contributed by atoms with Crippen LogP contribution in [0.5, 0.6) is 5.75 Å². The van der Waals surface area contributed by atoms with Crippen LogP contribution in [0.25, 0.3) is 10.2 Å². The Labute approximate surface area is 164 Å². The maximum absolute atomic E-state index is 12.3. The molecule has 0 aliphatic rings. The van der Waals surface area contributed by atoms with Gasteiger partial charge in [0.15, 0.2) is 11.7 Å². The number of rotatable bonds is 7. The van der Waals surface area contributed by atoms with Crippen molar-refractivity contribution >= 4 is 32.6 Å². The molecule has 0 fully saturated rings. The van der Waals surface area contributed by atoms with Gasteiger partial charge in [0.25, 0.3) is 5.91 Å². The number of hydrogen-bond donors (Lipinski definition) is 1. The van der Waals surface area contributed by atoms with Crippen molar-refractivity contribution in [2.24, 2.45) is 0 Å². The van der Waals surface area contributed by atoms with Gasteiger partial charge in [-0.05, 0) is 68.0 Å². The summed E-state index contributed by atoms with van der Waals surface area (Å²) in [6.07, 6.45) is 3.44. The van der Waals surface area contributed by atoms with Crippen LogP contribution in [0.2, 0.25) is 0 Å². The standard InChI is InChI=1S/C22H26N2O2S/c1-5-6-7-17-10-11-18-19(12-17)27-22(23-18)24-20(25)13-26-21-15(3)9-8-14(2)16(21)4/h8-12H,5-7,13H2,1-4H3,(H,23,24,25). The highest BCUT2D eigenvalue weighted by Gasteiger charge is 2.12. The van der Waals surface area contributed by atoms with Crippen LogP contribution >= 0.6 is 11.3 Å². The van der Waals surface area contributed by atoms with Crippen molar-refractivity contribution in [2.75, 3.05) is 11.9 Å². The summed E-state index contributed by atoms with van der Waals surface area (Å²) in [5.41, 5.74) is 5.50. The van der Waals surface area contributed by atoms with Gasteiger partial charge >= 0.3 is 0 Å². The Balaban J connectivity index is 1.65. The van der Waals surface area contributed by atoms with Crippen LogP contribution in [0.1, 0.15) is 42.0 Å². The van der Waals surface area contributed by atoms with E-state index in [1.165, 1.54) is 29.7 Å². The molecule has 0 aliphatic carbocycles. The highest BCUT2D eigenvalue weighted by atomic mass is 32.1.